The van der Waals surface area contributed by atoms with Gasteiger partial charge in [-0.05, 0) is 30.3 Å². The van der Waals surface area contributed by atoms with E-state index >= 15 is 0 Å². The summed E-state index contributed by atoms with van der Waals surface area (Å²) in [6, 6.07) is 16.7. The van der Waals surface area contributed by atoms with Crippen molar-refractivity contribution in [1.29, 1.82) is 5.26 Å². The van der Waals surface area contributed by atoms with E-state index in [-0.39, 0.29) is 0 Å². The predicted molar refractivity (Wildman–Crippen MR) is 83.1 cm³/mol. The van der Waals surface area contributed by atoms with E-state index in [1.165, 1.54) is 0 Å². The van der Waals surface area contributed by atoms with Crippen LogP contribution in [0.2, 0.25) is 0 Å². The molecule has 0 aliphatic rings. The summed E-state index contributed by atoms with van der Waals surface area (Å²) in [5, 5.41) is 8.83. The number of nitriles is 1. The maximum atomic E-state index is 11.2. The Balaban J connectivity index is 2.42. The molecule has 0 spiro atoms. The molecule has 0 fully saturated rings. The van der Waals surface area contributed by atoms with Crippen LogP contribution in [-0.2, 0) is 0 Å². The zero-order chi connectivity index (χ0) is 15.2. The van der Waals surface area contributed by atoms with Crippen LogP contribution in [0.25, 0.3) is 0 Å². The average molecular weight is 280 g/mol. The summed E-state index contributed by atoms with van der Waals surface area (Å²) < 4.78 is 0. The van der Waals surface area contributed by atoms with Crippen LogP contribution in [0.15, 0.2) is 48.5 Å². The second-order valence-corrected chi connectivity index (χ2v) is 4.53. The lowest BCUT2D eigenvalue weighted by Crippen LogP contribution is -2.20. The molecule has 21 heavy (non-hydrogen) atoms. The van der Waals surface area contributed by atoms with Crippen LogP contribution in [0.1, 0.15) is 16.8 Å². The van der Waals surface area contributed by atoms with Crippen LogP contribution in [0.5, 0.6) is 0 Å². The third-order valence-corrected chi connectivity index (χ3v) is 3.12. The number of hydrogen-bond acceptors (Lipinski definition) is 4. The molecule has 4 N–H and O–H groups in total. The van der Waals surface area contributed by atoms with Gasteiger partial charge in [-0.25, -0.2) is 0 Å². The third-order valence-electron chi connectivity index (χ3n) is 3.12. The van der Waals surface area contributed by atoms with Crippen LogP contribution >= 0.6 is 0 Å². The lowest BCUT2D eigenvalue weighted by molar-refractivity contribution is 0.100. The summed E-state index contributed by atoms with van der Waals surface area (Å²) in [5.41, 5.74) is 13.8. The van der Waals surface area contributed by atoms with Gasteiger partial charge in [0.2, 0.25) is 5.91 Å². The molecular formula is C16H16N4O. The SMILES string of the molecule is N#CCCN(c1ccccc1)c1ccc(C(N)=O)cc1N. The number of benzene rings is 2. The van der Waals surface area contributed by atoms with E-state index < -0.39 is 5.91 Å². The van der Waals surface area contributed by atoms with Crippen molar-refractivity contribution in [1.82, 2.24) is 0 Å². The number of nitrogens with zero attached hydrogens (tertiary/aromatic N) is 2. The summed E-state index contributed by atoms with van der Waals surface area (Å²) in [6.45, 7) is 0.515. The molecule has 2 aromatic rings. The number of para-hydroxylation sites is 1. The summed E-state index contributed by atoms with van der Waals surface area (Å²) >= 11 is 0. The zero-order valence-corrected chi connectivity index (χ0v) is 11.5. The first kappa shape index (κ1) is 14.4. The highest BCUT2D eigenvalue weighted by molar-refractivity contribution is 5.95. The molecule has 0 unspecified atom stereocenters. The average Bonchev–Trinajstić information content (AvgIpc) is 2.50. The minimum atomic E-state index is -0.517. The Hall–Kier alpha value is -3.00. The molecule has 5 heteroatoms. The van der Waals surface area contributed by atoms with E-state index in [2.05, 4.69) is 6.07 Å². The lowest BCUT2D eigenvalue weighted by Gasteiger charge is -2.25. The first-order valence-corrected chi connectivity index (χ1v) is 6.52. The topological polar surface area (TPSA) is 96.1 Å². The summed E-state index contributed by atoms with van der Waals surface area (Å²) in [4.78, 5) is 13.1. The molecule has 0 aliphatic heterocycles. The fourth-order valence-electron chi connectivity index (χ4n) is 2.11. The minimum Gasteiger partial charge on any atom is -0.397 e. The number of anilines is 3. The number of rotatable bonds is 5. The van der Waals surface area contributed by atoms with E-state index in [1.54, 1.807) is 18.2 Å². The van der Waals surface area contributed by atoms with Gasteiger partial charge in [0.15, 0.2) is 0 Å². The normalized spacial score (nSPS) is 9.86. The van der Waals surface area contributed by atoms with Gasteiger partial charge >= 0.3 is 0 Å². The van der Waals surface area contributed by atoms with Crippen molar-refractivity contribution in [3.63, 3.8) is 0 Å². The summed E-state index contributed by atoms with van der Waals surface area (Å²) in [7, 11) is 0. The molecule has 106 valence electrons. The highest BCUT2D eigenvalue weighted by Crippen LogP contribution is 2.31. The van der Waals surface area contributed by atoms with E-state index in [0.29, 0.717) is 24.2 Å². The Kier molecular flexibility index (Phi) is 4.42. The lowest BCUT2D eigenvalue weighted by atomic mass is 10.1. The van der Waals surface area contributed by atoms with Crippen molar-refractivity contribution in [3.05, 3.63) is 54.1 Å². The van der Waals surface area contributed by atoms with Crippen molar-refractivity contribution in [2.75, 3.05) is 17.2 Å². The molecule has 0 radical (unpaired) electrons. The molecule has 5 nitrogen and oxygen atoms in total. The van der Waals surface area contributed by atoms with Crippen LogP contribution in [0, 0.1) is 11.3 Å². The maximum Gasteiger partial charge on any atom is 0.248 e. The molecular weight excluding hydrogens is 264 g/mol. The molecule has 0 atom stereocenters. The number of primary amides is 1. The fourth-order valence-corrected chi connectivity index (χ4v) is 2.11. The van der Waals surface area contributed by atoms with Crippen LogP contribution in [-0.4, -0.2) is 12.5 Å². The van der Waals surface area contributed by atoms with Crippen molar-refractivity contribution in [2.45, 2.75) is 6.42 Å². The molecule has 0 aliphatic carbocycles. The van der Waals surface area contributed by atoms with Gasteiger partial charge in [-0.2, -0.15) is 5.26 Å². The van der Waals surface area contributed by atoms with Gasteiger partial charge in [-0.15, -0.1) is 0 Å². The first-order chi connectivity index (χ1) is 10.1. The number of amides is 1. The number of nitrogen functional groups attached to an aromatic ring is 1. The van der Waals surface area contributed by atoms with Crippen molar-refractivity contribution in [3.8, 4) is 6.07 Å². The van der Waals surface area contributed by atoms with Gasteiger partial charge in [0, 0.05) is 17.8 Å². The van der Waals surface area contributed by atoms with Crippen molar-refractivity contribution < 1.29 is 4.79 Å². The highest BCUT2D eigenvalue weighted by Gasteiger charge is 2.13. The largest absolute Gasteiger partial charge is 0.397 e. The van der Waals surface area contributed by atoms with Gasteiger partial charge in [0.05, 0.1) is 23.9 Å². The smallest absolute Gasteiger partial charge is 0.248 e. The van der Waals surface area contributed by atoms with Crippen molar-refractivity contribution >= 4 is 23.0 Å². The standard InChI is InChI=1S/C16H16N4O/c17-9-4-10-20(13-5-2-1-3-6-13)15-8-7-12(16(19)21)11-14(15)18/h1-3,5-8,11H,4,10,18H2,(H2,19,21). The predicted octanol–water partition coefficient (Wildman–Crippen LogP) is 2.42. The maximum absolute atomic E-state index is 11.2. The molecule has 0 saturated heterocycles. The van der Waals surface area contributed by atoms with Gasteiger partial charge in [0.1, 0.15) is 0 Å². The molecule has 2 aromatic carbocycles. The summed E-state index contributed by atoms with van der Waals surface area (Å²) in [6.07, 6.45) is 0.367. The Morgan fingerprint density at radius 1 is 1.19 bits per heavy atom. The number of carbonyl (C=O) groups is 1. The molecule has 0 aromatic heterocycles. The van der Waals surface area contributed by atoms with Gasteiger partial charge in [-0.1, -0.05) is 18.2 Å². The van der Waals surface area contributed by atoms with Gasteiger partial charge < -0.3 is 16.4 Å². The summed E-state index contributed by atoms with van der Waals surface area (Å²) in [5.74, 6) is -0.517. The number of hydrogen-bond donors (Lipinski definition) is 2. The molecule has 0 bridgehead atoms. The van der Waals surface area contributed by atoms with Crippen molar-refractivity contribution in [2.24, 2.45) is 5.73 Å². The quantitative estimate of drug-likeness (QED) is 0.822. The highest BCUT2D eigenvalue weighted by atomic mass is 16.1. The Morgan fingerprint density at radius 2 is 1.90 bits per heavy atom. The van der Waals surface area contributed by atoms with E-state index in [4.69, 9.17) is 16.7 Å². The van der Waals surface area contributed by atoms with Gasteiger partial charge in [0.25, 0.3) is 0 Å². The van der Waals surface area contributed by atoms with Crippen LogP contribution < -0.4 is 16.4 Å². The first-order valence-electron chi connectivity index (χ1n) is 6.52. The molecule has 1 amide bonds. The number of nitrogens with two attached hydrogens (primary N) is 2. The van der Waals surface area contributed by atoms with Crippen LogP contribution in [0.3, 0.4) is 0 Å². The molecule has 2 rings (SSSR count). The molecule has 0 heterocycles. The minimum absolute atomic E-state index is 0.365. The third kappa shape index (κ3) is 3.31. The monoisotopic (exact) mass is 280 g/mol. The van der Waals surface area contributed by atoms with Crippen LogP contribution in [0.4, 0.5) is 17.1 Å². The zero-order valence-electron chi connectivity index (χ0n) is 11.5. The number of carbonyl (C=O) groups excluding carboxylic acids is 1. The second-order valence-electron chi connectivity index (χ2n) is 4.53. The second kappa shape index (κ2) is 6.44. The van der Waals surface area contributed by atoms with E-state index in [9.17, 15) is 4.79 Å². The fraction of sp³-hybridized carbons (Fsp3) is 0.125. The molecule has 0 saturated carbocycles. The Morgan fingerprint density at radius 3 is 2.48 bits per heavy atom. The van der Waals surface area contributed by atoms with Gasteiger partial charge in [-0.3, -0.25) is 4.79 Å². The Labute approximate surface area is 123 Å². The van der Waals surface area contributed by atoms with E-state index in [0.717, 1.165) is 11.4 Å². The Bertz CT molecular complexity index is 676. The van der Waals surface area contributed by atoms with E-state index in [1.807, 2.05) is 35.2 Å².